The molecule has 0 aliphatic rings. The molecule has 0 aliphatic carbocycles. The van der Waals surface area contributed by atoms with Gasteiger partial charge in [-0.05, 0) is 37.3 Å². The predicted octanol–water partition coefficient (Wildman–Crippen LogP) is 2.77. The fourth-order valence-electron chi connectivity index (χ4n) is 2.11. The summed E-state index contributed by atoms with van der Waals surface area (Å²) >= 11 is 1.22. The van der Waals surface area contributed by atoms with E-state index in [9.17, 15) is 23.3 Å². The lowest BCUT2D eigenvalue weighted by molar-refractivity contribution is -0.385. The first-order valence-corrected chi connectivity index (χ1v) is 9.87. The van der Waals surface area contributed by atoms with Gasteiger partial charge in [0.05, 0.1) is 4.92 Å². The van der Waals surface area contributed by atoms with Gasteiger partial charge in [-0.25, -0.2) is 0 Å². The highest BCUT2D eigenvalue weighted by atomic mass is 32.2. The number of nitrogens with zero attached hydrogens (tertiary/aromatic N) is 3. The van der Waals surface area contributed by atoms with Gasteiger partial charge in [-0.1, -0.05) is 17.4 Å². The molecule has 0 bridgehead atoms. The average Bonchev–Trinajstić information content (AvgIpc) is 3.06. The van der Waals surface area contributed by atoms with E-state index in [2.05, 4.69) is 15.5 Å². The number of benzene rings is 2. The molecular weight excluding hydrogens is 408 g/mol. The molecule has 0 radical (unpaired) electrons. The maximum absolute atomic E-state index is 12.3. The normalized spacial score (nSPS) is 11.0. The van der Waals surface area contributed by atoms with Crippen molar-refractivity contribution in [2.24, 2.45) is 0 Å². The van der Waals surface area contributed by atoms with Crippen LogP contribution < -0.4 is 9.50 Å². The van der Waals surface area contributed by atoms with Crippen molar-refractivity contribution in [1.82, 2.24) is 10.2 Å². The van der Waals surface area contributed by atoms with Crippen LogP contribution >= 0.6 is 11.3 Å². The van der Waals surface area contributed by atoms with Gasteiger partial charge in [0.2, 0.25) is 5.13 Å². The van der Waals surface area contributed by atoms with Crippen molar-refractivity contribution >= 4 is 38.2 Å². The van der Waals surface area contributed by atoms with Gasteiger partial charge in [-0.15, -0.1) is 10.2 Å². The second kappa shape index (κ2) is 7.70. The molecule has 0 spiro atoms. The SMILES string of the molecule is Cc1nnc(NC(=O)c2ccc(OS(=O)(=O)c3cccc([N+](=O)[O-])c3)cc2)s1. The molecule has 12 heteroatoms. The van der Waals surface area contributed by atoms with Crippen molar-refractivity contribution in [1.29, 1.82) is 0 Å². The number of amides is 1. The van der Waals surface area contributed by atoms with Crippen LogP contribution in [0.25, 0.3) is 0 Å². The van der Waals surface area contributed by atoms with E-state index in [1.165, 1.54) is 53.8 Å². The van der Waals surface area contributed by atoms with Crippen molar-refractivity contribution in [3.05, 3.63) is 69.2 Å². The van der Waals surface area contributed by atoms with Crippen LogP contribution in [-0.4, -0.2) is 29.4 Å². The molecule has 0 atom stereocenters. The van der Waals surface area contributed by atoms with Crippen LogP contribution in [-0.2, 0) is 10.1 Å². The third kappa shape index (κ3) is 4.47. The van der Waals surface area contributed by atoms with Crippen molar-refractivity contribution in [3.8, 4) is 5.75 Å². The van der Waals surface area contributed by atoms with Crippen LogP contribution in [0, 0.1) is 17.0 Å². The Morgan fingerprint density at radius 3 is 2.50 bits per heavy atom. The molecule has 1 N–H and O–H groups in total. The summed E-state index contributed by atoms with van der Waals surface area (Å²) in [5.74, 6) is -0.487. The second-order valence-electron chi connectivity index (χ2n) is 5.40. The van der Waals surface area contributed by atoms with Gasteiger partial charge in [-0.3, -0.25) is 20.2 Å². The zero-order valence-electron chi connectivity index (χ0n) is 14.2. The Hall–Kier alpha value is -3.38. The molecule has 2 aromatic carbocycles. The predicted molar refractivity (Wildman–Crippen MR) is 100.0 cm³/mol. The summed E-state index contributed by atoms with van der Waals surface area (Å²) in [4.78, 5) is 21.9. The number of non-ortho nitro benzene ring substituents is 1. The molecule has 3 aromatic rings. The van der Waals surface area contributed by atoms with E-state index in [0.29, 0.717) is 10.1 Å². The van der Waals surface area contributed by atoms with Crippen LogP contribution in [0.1, 0.15) is 15.4 Å². The smallest absolute Gasteiger partial charge is 0.339 e. The largest absolute Gasteiger partial charge is 0.379 e. The number of rotatable bonds is 6. The lowest BCUT2D eigenvalue weighted by Crippen LogP contribution is -2.12. The Kier molecular flexibility index (Phi) is 5.33. The van der Waals surface area contributed by atoms with E-state index in [-0.39, 0.29) is 21.9 Å². The molecule has 0 saturated carbocycles. The minimum Gasteiger partial charge on any atom is -0.379 e. The van der Waals surface area contributed by atoms with Crippen LogP contribution in [0.2, 0.25) is 0 Å². The van der Waals surface area contributed by atoms with Crippen molar-refractivity contribution < 1.29 is 22.3 Å². The summed E-state index contributed by atoms with van der Waals surface area (Å²) in [7, 11) is -4.27. The van der Waals surface area contributed by atoms with Crippen molar-refractivity contribution in [3.63, 3.8) is 0 Å². The topological polar surface area (TPSA) is 141 Å². The van der Waals surface area contributed by atoms with Crippen molar-refractivity contribution in [2.75, 3.05) is 5.32 Å². The standard InChI is InChI=1S/C16H12N4O6S2/c1-10-18-19-16(27-10)17-15(21)11-5-7-13(8-6-11)26-28(24,25)14-4-2-3-12(9-14)20(22)23/h2-9H,1H3,(H,17,19,21). The zero-order chi connectivity index (χ0) is 20.3. The van der Waals surface area contributed by atoms with Gasteiger partial charge >= 0.3 is 10.1 Å². The third-order valence-corrected chi connectivity index (χ3v) is 5.38. The Morgan fingerprint density at radius 2 is 1.89 bits per heavy atom. The molecule has 0 aliphatic heterocycles. The minimum absolute atomic E-state index is 0.0465. The Labute approximate surface area is 163 Å². The molecule has 1 heterocycles. The number of aryl methyl sites for hydroxylation is 1. The number of aromatic nitrogens is 2. The highest BCUT2D eigenvalue weighted by molar-refractivity contribution is 7.87. The Balaban J connectivity index is 1.73. The molecule has 28 heavy (non-hydrogen) atoms. The van der Waals surface area contributed by atoms with Crippen molar-refractivity contribution in [2.45, 2.75) is 11.8 Å². The molecule has 1 aromatic heterocycles. The Bertz CT molecular complexity index is 1140. The summed E-state index contributed by atoms with van der Waals surface area (Å²) in [6.07, 6.45) is 0. The molecule has 10 nitrogen and oxygen atoms in total. The highest BCUT2D eigenvalue weighted by Gasteiger charge is 2.20. The molecule has 3 rings (SSSR count). The quantitative estimate of drug-likeness (QED) is 0.364. The van der Waals surface area contributed by atoms with Crippen LogP contribution in [0.4, 0.5) is 10.8 Å². The molecule has 1 amide bonds. The lowest BCUT2D eigenvalue weighted by Gasteiger charge is -2.08. The van der Waals surface area contributed by atoms with Gasteiger partial charge in [0.1, 0.15) is 15.7 Å². The van der Waals surface area contributed by atoms with E-state index in [1.54, 1.807) is 6.92 Å². The Morgan fingerprint density at radius 1 is 1.18 bits per heavy atom. The summed E-state index contributed by atoms with van der Waals surface area (Å²) < 4.78 is 29.6. The number of hydrogen-bond acceptors (Lipinski definition) is 9. The molecule has 144 valence electrons. The van der Waals surface area contributed by atoms with Crippen LogP contribution in [0.5, 0.6) is 5.75 Å². The van der Waals surface area contributed by atoms with Gasteiger partial charge in [0.15, 0.2) is 0 Å². The summed E-state index contributed by atoms with van der Waals surface area (Å²) in [6, 6.07) is 9.87. The number of nitrogens with one attached hydrogen (secondary N) is 1. The van der Waals surface area contributed by atoms with Gasteiger partial charge in [0.25, 0.3) is 11.6 Å². The number of carbonyl (C=O) groups excluding carboxylic acids is 1. The maximum Gasteiger partial charge on any atom is 0.339 e. The van der Waals surface area contributed by atoms with E-state index in [0.717, 1.165) is 6.07 Å². The third-order valence-electron chi connectivity index (χ3n) is 3.39. The molecule has 0 fully saturated rings. The van der Waals surface area contributed by atoms with E-state index < -0.39 is 20.9 Å². The first-order chi connectivity index (χ1) is 13.2. The van der Waals surface area contributed by atoms with Crippen LogP contribution in [0.3, 0.4) is 0 Å². The number of nitro groups is 1. The maximum atomic E-state index is 12.3. The summed E-state index contributed by atoms with van der Waals surface area (Å²) in [6.45, 7) is 1.75. The average molecular weight is 420 g/mol. The van der Waals surface area contributed by atoms with Gasteiger partial charge in [-0.2, -0.15) is 8.42 Å². The first kappa shape index (κ1) is 19.4. The first-order valence-electron chi connectivity index (χ1n) is 7.65. The summed E-state index contributed by atoms with van der Waals surface area (Å²) in [5, 5.41) is 22.0. The molecule has 0 unspecified atom stereocenters. The number of carbonyl (C=O) groups is 1. The molecule has 0 saturated heterocycles. The minimum atomic E-state index is -4.27. The zero-order valence-corrected chi connectivity index (χ0v) is 15.9. The van der Waals surface area contributed by atoms with E-state index in [4.69, 9.17) is 4.18 Å². The van der Waals surface area contributed by atoms with E-state index >= 15 is 0 Å². The number of anilines is 1. The molecular formula is C16H12N4O6S2. The van der Waals surface area contributed by atoms with Gasteiger partial charge < -0.3 is 4.18 Å². The summed E-state index contributed by atoms with van der Waals surface area (Å²) in [5.41, 5.74) is -0.114. The van der Waals surface area contributed by atoms with Crippen LogP contribution in [0.15, 0.2) is 53.4 Å². The second-order valence-corrected chi connectivity index (χ2v) is 8.12. The van der Waals surface area contributed by atoms with Gasteiger partial charge in [0, 0.05) is 17.7 Å². The highest BCUT2D eigenvalue weighted by Crippen LogP contribution is 2.23. The monoisotopic (exact) mass is 420 g/mol. The lowest BCUT2D eigenvalue weighted by atomic mass is 10.2. The number of hydrogen-bond donors (Lipinski definition) is 1. The fourth-order valence-corrected chi connectivity index (χ4v) is 3.66. The van der Waals surface area contributed by atoms with E-state index in [1.807, 2.05) is 0 Å². The number of nitro benzene ring substituents is 1. The fraction of sp³-hybridized carbons (Fsp3) is 0.0625.